The van der Waals surface area contributed by atoms with Crippen molar-refractivity contribution in [1.29, 1.82) is 5.26 Å². The molecule has 5 amide bonds. The first-order valence-corrected chi connectivity index (χ1v) is 15.2. The van der Waals surface area contributed by atoms with Gasteiger partial charge in [0.1, 0.15) is 30.3 Å². The van der Waals surface area contributed by atoms with Gasteiger partial charge in [0.05, 0.1) is 18.9 Å². The normalized spacial score (nSPS) is 26.1. The maximum atomic E-state index is 13.3. The van der Waals surface area contributed by atoms with Gasteiger partial charge in [-0.1, -0.05) is 27.7 Å². The summed E-state index contributed by atoms with van der Waals surface area (Å²) in [5, 5.41) is 21.7. The lowest BCUT2D eigenvalue weighted by Gasteiger charge is -2.26. The maximum absolute atomic E-state index is 13.3. The van der Waals surface area contributed by atoms with Gasteiger partial charge in [0, 0.05) is 24.5 Å². The number of carbonyl (C=O) groups excluding carboxylic acids is 6. The second-order valence-corrected chi connectivity index (χ2v) is 11.9. The van der Waals surface area contributed by atoms with Crippen molar-refractivity contribution < 1.29 is 33.5 Å². The molecule has 0 unspecified atom stereocenters. The Labute approximate surface area is 233 Å². The highest BCUT2D eigenvalue weighted by molar-refractivity contribution is 8.76. The lowest BCUT2D eigenvalue weighted by Crippen LogP contribution is -2.59. The summed E-state index contributed by atoms with van der Waals surface area (Å²) in [4.78, 5) is 76.8. The average Bonchev–Trinajstić information content (AvgIpc) is 3.67. The number of nitrogens with one attached hydrogen (secondary N) is 5. The van der Waals surface area contributed by atoms with Crippen LogP contribution in [0.2, 0.25) is 0 Å². The molecule has 3 aliphatic rings. The zero-order chi connectivity index (χ0) is 28.3. The van der Waals surface area contributed by atoms with Gasteiger partial charge in [0.2, 0.25) is 29.5 Å². The largest absolute Gasteiger partial charge is 0.456 e. The Morgan fingerprint density at radius 3 is 2.69 bits per heavy atom. The summed E-state index contributed by atoms with van der Waals surface area (Å²) >= 11 is 0. The van der Waals surface area contributed by atoms with Crippen molar-refractivity contribution in [3.05, 3.63) is 12.2 Å². The van der Waals surface area contributed by atoms with Crippen LogP contribution in [0.25, 0.3) is 0 Å². The Kier molecular flexibility index (Phi) is 11.5. The van der Waals surface area contributed by atoms with Crippen molar-refractivity contribution >= 4 is 57.1 Å². The van der Waals surface area contributed by atoms with Crippen LogP contribution in [0, 0.1) is 11.3 Å². The monoisotopic (exact) mass is 580 g/mol. The van der Waals surface area contributed by atoms with Crippen LogP contribution in [-0.4, -0.2) is 83.8 Å². The molecular weight excluding hydrogens is 548 g/mol. The van der Waals surface area contributed by atoms with Gasteiger partial charge < -0.3 is 31.3 Å². The second-order valence-electron chi connectivity index (χ2n) is 9.29. The quantitative estimate of drug-likeness (QED) is 0.119. The fourth-order valence-electron chi connectivity index (χ4n) is 3.86. The van der Waals surface area contributed by atoms with E-state index in [0.29, 0.717) is 25.0 Å². The zero-order valence-electron chi connectivity index (χ0n) is 21.3. The van der Waals surface area contributed by atoms with E-state index in [4.69, 9.17) is 10.00 Å². The zero-order valence-corrected chi connectivity index (χ0v) is 22.9. The Hall–Kier alpha value is -3.25. The minimum atomic E-state index is -1.17. The first kappa shape index (κ1) is 30.3. The number of esters is 1. The van der Waals surface area contributed by atoms with Gasteiger partial charge in [-0.2, -0.15) is 5.26 Å². The van der Waals surface area contributed by atoms with Crippen molar-refractivity contribution in [2.24, 2.45) is 0 Å². The molecule has 3 atom stereocenters. The number of fused-ring (bicyclic) bond motifs is 7. The van der Waals surface area contributed by atoms with Crippen LogP contribution in [0.1, 0.15) is 44.9 Å². The van der Waals surface area contributed by atoms with E-state index < -0.39 is 65.8 Å². The summed E-state index contributed by atoms with van der Waals surface area (Å²) < 4.78 is 5.42. The van der Waals surface area contributed by atoms with Crippen molar-refractivity contribution in [3.63, 3.8) is 0 Å². The first-order chi connectivity index (χ1) is 18.7. The number of carbonyl (C=O) groups is 6. The topological polar surface area (TPSA) is 196 Å². The predicted octanol–water partition coefficient (Wildman–Crippen LogP) is -0.812. The molecule has 3 rings (SSSR count). The molecule has 1 saturated heterocycles. The molecule has 39 heavy (non-hydrogen) atoms. The minimum Gasteiger partial charge on any atom is -0.456 e. The number of amides is 5. The lowest BCUT2D eigenvalue weighted by atomic mass is 10.1. The molecule has 0 aromatic rings. The number of nitrogens with zero attached hydrogens (tertiary/aromatic N) is 1. The molecule has 5 N–H and O–H groups in total. The number of hydrogen-bond donors (Lipinski definition) is 5. The summed E-state index contributed by atoms with van der Waals surface area (Å²) in [7, 11) is 2.87. The molecular formula is C24H32N6O7S2. The van der Waals surface area contributed by atoms with Crippen LogP contribution >= 0.6 is 21.6 Å². The highest BCUT2D eigenvalue weighted by atomic mass is 33.1. The first-order valence-electron chi connectivity index (χ1n) is 12.7. The fraction of sp³-hybridized carbons (Fsp3) is 0.625. The third kappa shape index (κ3) is 9.77. The van der Waals surface area contributed by atoms with Gasteiger partial charge in [-0.3, -0.25) is 28.8 Å². The van der Waals surface area contributed by atoms with Crippen LogP contribution in [0.15, 0.2) is 12.2 Å². The average molecular weight is 581 g/mol. The fourth-order valence-corrected chi connectivity index (χ4v) is 6.02. The molecule has 15 heteroatoms. The van der Waals surface area contributed by atoms with E-state index >= 15 is 0 Å². The molecule has 2 bridgehead atoms. The van der Waals surface area contributed by atoms with E-state index in [1.807, 2.05) is 6.07 Å². The summed E-state index contributed by atoms with van der Waals surface area (Å²) in [5.41, 5.74) is -1.17. The maximum Gasteiger partial charge on any atom is 0.326 e. The molecule has 1 spiro atoms. The van der Waals surface area contributed by atoms with Gasteiger partial charge >= 0.3 is 5.97 Å². The van der Waals surface area contributed by atoms with E-state index in [1.54, 1.807) is 12.2 Å². The van der Waals surface area contributed by atoms with Crippen molar-refractivity contribution in [3.8, 4) is 6.07 Å². The Morgan fingerprint density at radius 1 is 1.15 bits per heavy atom. The summed E-state index contributed by atoms with van der Waals surface area (Å²) in [6.45, 7) is -0.276. The number of rotatable bonds is 5. The van der Waals surface area contributed by atoms with Crippen LogP contribution in [0.5, 0.6) is 0 Å². The van der Waals surface area contributed by atoms with Gasteiger partial charge in [-0.25, -0.2) is 0 Å². The van der Waals surface area contributed by atoms with Crippen molar-refractivity contribution in [2.75, 3.05) is 24.6 Å². The predicted molar refractivity (Wildman–Crippen MR) is 143 cm³/mol. The lowest BCUT2D eigenvalue weighted by molar-refractivity contribution is -0.148. The molecule has 1 saturated carbocycles. The SMILES string of the molecule is N#CCCNC(=O)CC[C@H]1NC(=O)C[C@H]2C=CCCSSC[C@@H](NC1=O)C(=O)NC1(CC1)C(=O)NCC(=O)O2. The Bertz CT molecular complexity index is 1040. The highest BCUT2D eigenvalue weighted by Gasteiger charge is 2.52. The van der Waals surface area contributed by atoms with Crippen molar-refractivity contribution in [2.45, 2.75) is 68.7 Å². The Balaban J connectivity index is 1.86. The molecule has 2 fully saturated rings. The molecule has 1 aliphatic carbocycles. The van der Waals surface area contributed by atoms with E-state index in [-0.39, 0.29) is 38.0 Å². The van der Waals surface area contributed by atoms with E-state index in [0.717, 1.165) is 0 Å². The van der Waals surface area contributed by atoms with Crippen molar-refractivity contribution in [1.82, 2.24) is 26.6 Å². The molecule has 13 nitrogen and oxygen atoms in total. The molecule has 2 heterocycles. The van der Waals surface area contributed by atoms with Crippen LogP contribution in [0.3, 0.4) is 0 Å². The molecule has 2 aliphatic heterocycles. The molecule has 0 aromatic heterocycles. The molecule has 0 aromatic carbocycles. The second kappa shape index (κ2) is 14.8. The number of nitriles is 1. The van der Waals surface area contributed by atoms with Gasteiger partial charge in [-0.05, 0) is 31.8 Å². The summed E-state index contributed by atoms with van der Waals surface area (Å²) in [6.07, 6.45) is 3.47. The Morgan fingerprint density at radius 2 is 1.95 bits per heavy atom. The van der Waals surface area contributed by atoms with E-state index in [1.165, 1.54) is 21.6 Å². The number of hydrogen-bond acceptors (Lipinski definition) is 10. The van der Waals surface area contributed by atoms with Crippen LogP contribution in [-0.2, 0) is 33.5 Å². The molecule has 0 radical (unpaired) electrons. The van der Waals surface area contributed by atoms with Gasteiger partial charge in [-0.15, -0.1) is 0 Å². The smallest absolute Gasteiger partial charge is 0.326 e. The third-order valence-electron chi connectivity index (χ3n) is 6.15. The molecule has 212 valence electrons. The van der Waals surface area contributed by atoms with E-state index in [2.05, 4.69) is 26.6 Å². The van der Waals surface area contributed by atoms with Crippen LogP contribution < -0.4 is 26.6 Å². The van der Waals surface area contributed by atoms with Gasteiger partial charge in [0.25, 0.3) is 0 Å². The third-order valence-corrected chi connectivity index (χ3v) is 8.60. The minimum absolute atomic E-state index is 0.0706. The summed E-state index contributed by atoms with van der Waals surface area (Å²) in [6, 6.07) is -0.266. The summed E-state index contributed by atoms with van der Waals surface area (Å²) in [5.74, 6) is -2.65. The number of ether oxygens (including phenoxy) is 1. The standard InChI is InChI=1S/C24H32N6O7S2/c25-9-3-10-26-18(31)6-5-16-21(34)29-17-14-39-38-11-2-1-4-15(12-19(32)28-16)37-20(33)13-27-23(36)24(7-8-24)30-22(17)35/h1,4,15-17H,2-3,5-8,10-14H2,(H,26,31)(H,27,36)(H,28,32)(H,29,34)(H,30,35)/t15-,16-,17-/m1/s1. The number of allylic oxidation sites excluding steroid dienone is 1. The highest BCUT2D eigenvalue weighted by Crippen LogP contribution is 2.36. The van der Waals surface area contributed by atoms with Crippen LogP contribution in [0.4, 0.5) is 0 Å². The van der Waals surface area contributed by atoms with Gasteiger partial charge in [0.15, 0.2) is 0 Å². The van der Waals surface area contributed by atoms with E-state index in [9.17, 15) is 28.8 Å².